The number of nitrogen functional groups attached to an aromatic ring is 1. The van der Waals surface area contributed by atoms with Gasteiger partial charge in [-0.3, -0.25) is 0 Å². The topological polar surface area (TPSA) is 202 Å². The molecule has 2 fully saturated rings. The molecule has 0 spiro atoms. The summed E-state index contributed by atoms with van der Waals surface area (Å²) in [6, 6.07) is 4.68. The Kier molecular flexibility index (Phi) is 11.1. The molecule has 13 nitrogen and oxygen atoms in total. The van der Waals surface area contributed by atoms with E-state index in [1.54, 1.807) is 13.8 Å². The molecular weight excluding hydrogens is 688 g/mol. The van der Waals surface area contributed by atoms with Crippen molar-refractivity contribution in [1.82, 2.24) is 14.9 Å². The number of nitrogens with two attached hydrogens (primary N) is 1. The third-order valence-corrected chi connectivity index (χ3v) is 9.41. The number of halogens is 4. The Labute approximate surface area is 286 Å². The summed E-state index contributed by atoms with van der Waals surface area (Å²) < 4.78 is 68.7. The summed E-state index contributed by atoms with van der Waals surface area (Å²) in [7, 11) is 0. The number of benzene rings is 2. The molecule has 50 heavy (non-hydrogen) atoms. The minimum atomic E-state index is -2.81. The third kappa shape index (κ3) is 7.60. The van der Waals surface area contributed by atoms with Gasteiger partial charge in [-0.25, -0.2) is 22.5 Å². The van der Waals surface area contributed by atoms with Crippen LogP contribution in [0, 0.1) is 34.7 Å². The number of thiophene rings is 1. The molecule has 18 heteroatoms. The van der Waals surface area contributed by atoms with Gasteiger partial charge in [0.15, 0.2) is 5.82 Å². The lowest BCUT2D eigenvalue weighted by Crippen LogP contribution is -2.49. The summed E-state index contributed by atoms with van der Waals surface area (Å²) in [5.41, 5.74) is 5.32. The van der Waals surface area contributed by atoms with E-state index < -0.39 is 41.6 Å². The Bertz CT molecular complexity index is 1970. The fourth-order valence-corrected chi connectivity index (χ4v) is 6.74. The molecule has 4 aromatic rings. The first-order valence-corrected chi connectivity index (χ1v) is 16.2. The zero-order valence-corrected chi connectivity index (χ0v) is 27.6. The quantitative estimate of drug-likeness (QED) is 0.109. The highest BCUT2D eigenvalue weighted by atomic mass is 32.1. The van der Waals surface area contributed by atoms with Crippen LogP contribution in [0.4, 0.5) is 28.4 Å². The SMILES string of the molecule is CCN(CC/C(C)=C\F)C(O)(O)O.N#Cc1c(N)sc2c(F)ccc(-c3c(F)cc4c(N5CCOCC6CC65)nc(OC(O)O)nc4c3F)c12. The van der Waals surface area contributed by atoms with E-state index in [9.17, 15) is 24.3 Å². The van der Waals surface area contributed by atoms with Crippen molar-refractivity contribution in [2.45, 2.75) is 45.3 Å². The third-order valence-electron chi connectivity index (χ3n) is 8.39. The lowest BCUT2D eigenvalue weighted by atomic mass is 9.96. The van der Waals surface area contributed by atoms with E-state index in [1.165, 1.54) is 6.07 Å². The Morgan fingerprint density at radius 2 is 2.00 bits per heavy atom. The van der Waals surface area contributed by atoms with Crippen LogP contribution in [0.2, 0.25) is 0 Å². The Balaban J connectivity index is 0.000000320. The molecule has 3 heterocycles. The van der Waals surface area contributed by atoms with Gasteiger partial charge in [0.25, 0.3) is 0 Å². The molecule has 2 aliphatic rings. The molecule has 0 bridgehead atoms. The summed E-state index contributed by atoms with van der Waals surface area (Å²) in [5.74, 6) is -2.39. The fraction of sp³-hybridized carbons (Fsp3) is 0.406. The number of fused-ring (bicyclic) bond motifs is 3. The molecule has 1 aliphatic carbocycles. The van der Waals surface area contributed by atoms with Crippen LogP contribution >= 0.6 is 11.3 Å². The van der Waals surface area contributed by atoms with Crippen LogP contribution in [-0.4, -0.2) is 91.9 Å². The van der Waals surface area contributed by atoms with E-state index in [1.807, 2.05) is 11.0 Å². The van der Waals surface area contributed by atoms with Crippen molar-refractivity contribution in [2.24, 2.45) is 5.92 Å². The number of aliphatic hydroxyl groups is 5. The van der Waals surface area contributed by atoms with Crippen LogP contribution in [-0.2, 0) is 4.74 Å². The second-order valence-electron chi connectivity index (χ2n) is 11.7. The molecule has 2 aromatic heterocycles. The van der Waals surface area contributed by atoms with E-state index in [4.69, 9.17) is 30.5 Å². The van der Waals surface area contributed by atoms with E-state index in [-0.39, 0.29) is 68.0 Å². The van der Waals surface area contributed by atoms with Crippen LogP contribution < -0.4 is 15.4 Å². The van der Waals surface area contributed by atoms with Crippen molar-refractivity contribution in [2.75, 3.05) is 43.5 Å². The molecule has 6 rings (SSSR count). The number of aliphatic hydroxyl groups excluding tert-OH is 1. The predicted molar refractivity (Wildman–Crippen MR) is 174 cm³/mol. The number of hydrogen-bond donors (Lipinski definition) is 6. The van der Waals surface area contributed by atoms with Crippen molar-refractivity contribution in [3.8, 4) is 23.2 Å². The number of anilines is 2. The van der Waals surface area contributed by atoms with Crippen LogP contribution in [0.15, 0.2) is 30.1 Å². The number of nitrogens with zero attached hydrogens (tertiary/aromatic N) is 5. The predicted octanol–water partition coefficient (Wildman–Crippen LogP) is 3.41. The van der Waals surface area contributed by atoms with Gasteiger partial charge in [-0.15, -0.1) is 11.3 Å². The van der Waals surface area contributed by atoms with E-state index in [0.717, 1.165) is 34.8 Å². The minimum Gasteiger partial charge on any atom is -0.408 e. The van der Waals surface area contributed by atoms with Crippen molar-refractivity contribution in [3.63, 3.8) is 0 Å². The summed E-state index contributed by atoms with van der Waals surface area (Å²) in [6.45, 7) is 2.73. The Morgan fingerprint density at radius 3 is 2.64 bits per heavy atom. The second kappa shape index (κ2) is 15.0. The van der Waals surface area contributed by atoms with E-state index in [0.29, 0.717) is 38.1 Å². The van der Waals surface area contributed by atoms with Gasteiger partial charge < -0.3 is 45.6 Å². The number of rotatable bonds is 9. The molecule has 2 unspecified atom stereocenters. The van der Waals surface area contributed by atoms with Crippen molar-refractivity contribution in [1.29, 1.82) is 5.26 Å². The molecule has 2 atom stereocenters. The highest BCUT2D eigenvalue weighted by Gasteiger charge is 2.45. The van der Waals surface area contributed by atoms with Gasteiger partial charge in [0, 0.05) is 42.4 Å². The van der Waals surface area contributed by atoms with Gasteiger partial charge in [0.2, 0.25) is 0 Å². The lowest BCUT2D eigenvalue weighted by molar-refractivity contribution is -0.392. The van der Waals surface area contributed by atoms with Crippen LogP contribution in [0.1, 0.15) is 32.3 Å². The van der Waals surface area contributed by atoms with Gasteiger partial charge in [0.05, 0.1) is 35.4 Å². The minimum absolute atomic E-state index is 0.00871. The largest absolute Gasteiger partial charge is 0.408 e. The summed E-state index contributed by atoms with van der Waals surface area (Å²) >= 11 is 0.807. The maximum Gasteiger partial charge on any atom is 0.345 e. The smallest absolute Gasteiger partial charge is 0.345 e. The van der Waals surface area contributed by atoms with Gasteiger partial charge >= 0.3 is 18.6 Å². The fourth-order valence-electron chi connectivity index (χ4n) is 5.79. The highest BCUT2D eigenvalue weighted by molar-refractivity contribution is 7.23. The second-order valence-corrected chi connectivity index (χ2v) is 12.7. The number of nitriles is 1. The number of ether oxygens (including phenoxy) is 2. The number of aromatic nitrogens is 2. The monoisotopic (exact) mass is 722 g/mol. The van der Waals surface area contributed by atoms with Gasteiger partial charge in [-0.05, 0) is 43.0 Å². The van der Waals surface area contributed by atoms with Gasteiger partial charge in [0.1, 0.15) is 34.0 Å². The highest BCUT2D eigenvalue weighted by Crippen LogP contribution is 2.46. The first-order chi connectivity index (χ1) is 23.7. The maximum atomic E-state index is 16.2. The molecule has 0 amide bonds. The van der Waals surface area contributed by atoms with E-state index >= 15 is 8.78 Å². The first-order valence-electron chi connectivity index (χ1n) is 15.4. The standard InChI is InChI=1S/C24H18F3N5O4S.C8H16FNO3/c25-13-2-1-10(16-12(7-28)21(29)37-20(13)16)17-14(26)6-11-19(18(17)27)30-23(36-24(33)34)31-22(11)32-3-4-35-8-9-5-15(9)32;1-3-10(8(11,12)13)5-4-7(2)6-9/h1-2,6,9,15,24,33-34H,3-5,8,29H2;6,11-13H,3-5H2,1-2H3/b;7-6-. The van der Waals surface area contributed by atoms with Gasteiger partial charge in [-0.2, -0.15) is 15.2 Å². The first kappa shape index (κ1) is 37.1. The molecule has 2 aromatic carbocycles. The molecule has 268 valence electrons. The maximum absolute atomic E-state index is 16.2. The molecular formula is C32H34F4N6O7S. The summed E-state index contributed by atoms with van der Waals surface area (Å²) in [6.07, 6.45) is -1.21. The van der Waals surface area contributed by atoms with Crippen LogP contribution in [0.5, 0.6) is 6.01 Å². The van der Waals surface area contributed by atoms with Crippen molar-refractivity contribution >= 4 is 43.1 Å². The average molecular weight is 723 g/mol. The van der Waals surface area contributed by atoms with E-state index in [2.05, 4.69) is 9.97 Å². The Morgan fingerprint density at radius 1 is 1.26 bits per heavy atom. The molecule has 1 saturated heterocycles. The zero-order valence-electron chi connectivity index (χ0n) is 26.8. The molecule has 1 saturated carbocycles. The summed E-state index contributed by atoms with van der Waals surface area (Å²) in [5, 5.41) is 54.7. The number of hydrogen-bond acceptors (Lipinski definition) is 14. The van der Waals surface area contributed by atoms with Crippen LogP contribution in [0.3, 0.4) is 0 Å². The Hall–Kier alpha value is -4.19. The van der Waals surface area contributed by atoms with Crippen molar-refractivity contribution in [3.05, 3.63) is 53.1 Å². The average Bonchev–Trinajstić information content (AvgIpc) is 3.77. The normalized spacial score (nSPS) is 17.8. The van der Waals surface area contributed by atoms with Crippen LogP contribution in [0.25, 0.3) is 32.1 Å². The molecule has 0 radical (unpaired) electrons. The lowest BCUT2D eigenvalue weighted by Gasteiger charge is -2.28. The summed E-state index contributed by atoms with van der Waals surface area (Å²) in [4.78, 5) is 11.1. The van der Waals surface area contributed by atoms with Gasteiger partial charge in [-0.1, -0.05) is 13.0 Å². The zero-order chi connectivity index (χ0) is 36.5. The molecule has 1 aliphatic heterocycles. The van der Waals surface area contributed by atoms with Crippen molar-refractivity contribution < 1.29 is 52.6 Å². The molecule has 7 N–H and O–H groups in total.